The van der Waals surface area contributed by atoms with Crippen molar-refractivity contribution < 1.29 is 24.2 Å². The van der Waals surface area contributed by atoms with E-state index in [1.54, 1.807) is 25.1 Å². The molecule has 0 aliphatic rings. The summed E-state index contributed by atoms with van der Waals surface area (Å²) in [6, 6.07) is 4.30. The molecule has 0 aromatic heterocycles. The van der Waals surface area contributed by atoms with E-state index in [0.29, 0.717) is 23.6 Å². The van der Waals surface area contributed by atoms with E-state index in [0.717, 1.165) is 0 Å². The summed E-state index contributed by atoms with van der Waals surface area (Å²) in [4.78, 5) is 23.0. The predicted octanol–water partition coefficient (Wildman–Crippen LogP) is 0.800. The SMILES string of the molecule is CCNC(=O)NC(=O)C(C)Oc1ccc(CO)cc1OC. The summed E-state index contributed by atoms with van der Waals surface area (Å²) in [5, 5.41) is 13.7. The Kier molecular flexibility index (Phi) is 6.48. The summed E-state index contributed by atoms with van der Waals surface area (Å²) in [6.45, 7) is 3.57. The van der Waals surface area contributed by atoms with Gasteiger partial charge in [-0.3, -0.25) is 10.1 Å². The molecule has 3 amide bonds. The summed E-state index contributed by atoms with van der Waals surface area (Å²) in [6.07, 6.45) is -0.874. The van der Waals surface area contributed by atoms with E-state index in [2.05, 4.69) is 10.6 Å². The van der Waals surface area contributed by atoms with Crippen LogP contribution in [0.4, 0.5) is 4.79 Å². The largest absolute Gasteiger partial charge is 0.493 e. The number of rotatable bonds is 6. The van der Waals surface area contributed by atoms with E-state index in [1.807, 2.05) is 0 Å². The van der Waals surface area contributed by atoms with Gasteiger partial charge in [0.2, 0.25) is 0 Å². The fourth-order valence-corrected chi connectivity index (χ4v) is 1.57. The second-order valence-corrected chi connectivity index (χ2v) is 4.25. The number of aliphatic hydroxyl groups excluding tert-OH is 1. The van der Waals surface area contributed by atoms with Crippen LogP contribution in [0.15, 0.2) is 18.2 Å². The number of nitrogens with one attached hydrogen (secondary N) is 2. The van der Waals surface area contributed by atoms with Crippen molar-refractivity contribution in [3.8, 4) is 11.5 Å². The van der Waals surface area contributed by atoms with E-state index < -0.39 is 18.0 Å². The number of hydrogen-bond donors (Lipinski definition) is 3. The van der Waals surface area contributed by atoms with Gasteiger partial charge in [-0.15, -0.1) is 0 Å². The number of imide groups is 1. The lowest BCUT2D eigenvalue weighted by Crippen LogP contribution is -2.45. The van der Waals surface area contributed by atoms with E-state index in [1.165, 1.54) is 14.0 Å². The number of ether oxygens (including phenoxy) is 2. The molecule has 1 unspecified atom stereocenters. The monoisotopic (exact) mass is 296 g/mol. The van der Waals surface area contributed by atoms with Crippen molar-refractivity contribution in [3.63, 3.8) is 0 Å². The van der Waals surface area contributed by atoms with Gasteiger partial charge >= 0.3 is 6.03 Å². The van der Waals surface area contributed by atoms with Crippen LogP contribution in [0.25, 0.3) is 0 Å². The molecular weight excluding hydrogens is 276 g/mol. The van der Waals surface area contributed by atoms with Crippen molar-refractivity contribution in [1.29, 1.82) is 0 Å². The molecule has 0 radical (unpaired) electrons. The summed E-state index contributed by atoms with van der Waals surface area (Å²) < 4.78 is 10.6. The lowest BCUT2D eigenvalue weighted by Gasteiger charge is -2.16. The molecule has 0 aliphatic heterocycles. The molecule has 7 nitrogen and oxygen atoms in total. The molecule has 0 heterocycles. The van der Waals surface area contributed by atoms with Crippen LogP contribution in [0.1, 0.15) is 19.4 Å². The van der Waals surface area contributed by atoms with Crippen LogP contribution in [0.2, 0.25) is 0 Å². The number of urea groups is 1. The minimum absolute atomic E-state index is 0.121. The summed E-state index contributed by atoms with van der Waals surface area (Å²) in [5.41, 5.74) is 0.665. The molecule has 0 saturated carbocycles. The Bertz CT molecular complexity index is 504. The summed E-state index contributed by atoms with van der Waals surface area (Å²) in [7, 11) is 1.46. The molecule has 7 heteroatoms. The van der Waals surface area contributed by atoms with Crippen LogP contribution in [-0.4, -0.2) is 36.8 Å². The molecular formula is C14H20N2O5. The second kappa shape index (κ2) is 8.11. The Morgan fingerprint density at radius 1 is 1.33 bits per heavy atom. The molecule has 21 heavy (non-hydrogen) atoms. The zero-order valence-corrected chi connectivity index (χ0v) is 12.3. The average Bonchev–Trinajstić information content (AvgIpc) is 2.47. The van der Waals surface area contributed by atoms with Crippen LogP contribution < -0.4 is 20.1 Å². The van der Waals surface area contributed by atoms with Gasteiger partial charge in [-0.05, 0) is 31.5 Å². The molecule has 1 rings (SSSR count). The van der Waals surface area contributed by atoms with Crippen molar-refractivity contribution in [2.24, 2.45) is 0 Å². The Morgan fingerprint density at radius 3 is 2.62 bits per heavy atom. The number of methoxy groups -OCH3 is 1. The van der Waals surface area contributed by atoms with Crippen LogP contribution in [0.5, 0.6) is 11.5 Å². The van der Waals surface area contributed by atoms with E-state index >= 15 is 0 Å². The molecule has 1 aromatic carbocycles. The third-order valence-electron chi connectivity index (χ3n) is 2.66. The van der Waals surface area contributed by atoms with E-state index in [9.17, 15) is 9.59 Å². The summed E-state index contributed by atoms with van der Waals surface area (Å²) in [5.74, 6) is 0.196. The van der Waals surface area contributed by atoms with Gasteiger partial charge in [0.15, 0.2) is 17.6 Å². The van der Waals surface area contributed by atoms with Crippen molar-refractivity contribution in [3.05, 3.63) is 23.8 Å². The van der Waals surface area contributed by atoms with Crippen molar-refractivity contribution >= 4 is 11.9 Å². The van der Waals surface area contributed by atoms with Crippen molar-refractivity contribution in [2.75, 3.05) is 13.7 Å². The van der Waals surface area contributed by atoms with Gasteiger partial charge in [-0.25, -0.2) is 4.79 Å². The lowest BCUT2D eigenvalue weighted by atomic mass is 10.2. The Hall–Kier alpha value is -2.28. The minimum atomic E-state index is -0.874. The molecule has 116 valence electrons. The van der Waals surface area contributed by atoms with Gasteiger partial charge in [0.05, 0.1) is 13.7 Å². The summed E-state index contributed by atoms with van der Waals surface area (Å²) >= 11 is 0. The zero-order chi connectivity index (χ0) is 15.8. The molecule has 3 N–H and O–H groups in total. The Balaban J connectivity index is 2.71. The van der Waals surface area contributed by atoms with Gasteiger partial charge in [-0.2, -0.15) is 0 Å². The standard InChI is InChI=1S/C14H20N2O5/c1-4-15-14(19)16-13(18)9(2)21-11-6-5-10(8-17)7-12(11)20-3/h5-7,9,17H,4,8H2,1-3H3,(H2,15,16,18,19). The zero-order valence-electron chi connectivity index (χ0n) is 12.3. The Morgan fingerprint density at radius 2 is 2.05 bits per heavy atom. The minimum Gasteiger partial charge on any atom is -0.493 e. The van der Waals surface area contributed by atoms with Gasteiger partial charge in [0, 0.05) is 6.54 Å². The Labute approximate surface area is 123 Å². The van der Waals surface area contributed by atoms with Crippen LogP contribution in [-0.2, 0) is 11.4 Å². The smallest absolute Gasteiger partial charge is 0.321 e. The predicted molar refractivity (Wildman–Crippen MR) is 76.2 cm³/mol. The molecule has 1 aromatic rings. The highest BCUT2D eigenvalue weighted by molar-refractivity contribution is 5.96. The van der Waals surface area contributed by atoms with Gasteiger partial charge in [-0.1, -0.05) is 6.07 Å². The molecule has 0 spiro atoms. The van der Waals surface area contributed by atoms with Crippen molar-refractivity contribution in [1.82, 2.24) is 10.6 Å². The third-order valence-corrected chi connectivity index (χ3v) is 2.66. The van der Waals surface area contributed by atoms with Gasteiger partial charge in [0.25, 0.3) is 5.91 Å². The maximum atomic E-state index is 11.8. The first-order valence-electron chi connectivity index (χ1n) is 6.54. The normalized spacial score (nSPS) is 11.4. The first-order chi connectivity index (χ1) is 10.0. The number of carbonyl (C=O) groups excluding carboxylic acids is 2. The number of aliphatic hydroxyl groups is 1. The number of benzene rings is 1. The van der Waals surface area contributed by atoms with E-state index in [4.69, 9.17) is 14.6 Å². The lowest BCUT2D eigenvalue weighted by molar-refractivity contribution is -0.126. The fraction of sp³-hybridized carbons (Fsp3) is 0.429. The number of carbonyl (C=O) groups is 2. The van der Waals surface area contributed by atoms with Crippen molar-refractivity contribution in [2.45, 2.75) is 26.6 Å². The van der Waals surface area contributed by atoms with Gasteiger partial charge in [0.1, 0.15) is 0 Å². The maximum absolute atomic E-state index is 11.8. The third kappa shape index (κ3) is 4.96. The molecule has 0 aliphatic carbocycles. The highest BCUT2D eigenvalue weighted by Gasteiger charge is 2.19. The maximum Gasteiger partial charge on any atom is 0.321 e. The quantitative estimate of drug-likeness (QED) is 0.721. The van der Waals surface area contributed by atoms with Gasteiger partial charge < -0.3 is 19.9 Å². The fourth-order valence-electron chi connectivity index (χ4n) is 1.57. The first kappa shape index (κ1) is 16.8. The second-order valence-electron chi connectivity index (χ2n) is 4.25. The van der Waals surface area contributed by atoms with E-state index in [-0.39, 0.29) is 6.61 Å². The number of amides is 3. The molecule has 0 fully saturated rings. The average molecular weight is 296 g/mol. The highest BCUT2D eigenvalue weighted by atomic mass is 16.5. The van der Waals surface area contributed by atoms with Crippen LogP contribution >= 0.6 is 0 Å². The first-order valence-corrected chi connectivity index (χ1v) is 6.54. The molecule has 1 atom stereocenters. The molecule has 0 saturated heterocycles. The highest BCUT2D eigenvalue weighted by Crippen LogP contribution is 2.28. The number of hydrogen-bond acceptors (Lipinski definition) is 5. The molecule has 0 bridgehead atoms. The topological polar surface area (TPSA) is 96.9 Å². The van der Waals surface area contributed by atoms with Crippen LogP contribution in [0.3, 0.4) is 0 Å². The van der Waals surface area contributed by atoms with Crippen LogP contribution in [0, 0.1) is 0 Å².